The van der Waals surface area contributed by atoms with E-state index in [-0.39, 0.29) is 21.5 Å². The summed E-state index contributed by atoms with van der Waals surface area (Å²) in [7, 11) is 1.58. The Morgan fingerprint density at radius 1 is 1.26 bits per heavy atom. The van der Waals surface area contributed by atoms with Crippen LogP contribution in [0.5, 0.6) is 5.75 Å². The molecule has 4 rings (SSSR count). The molecule has 0 aliphatic carbocycles. The second-order valence-electron chi connectivity index (χ2n) is 7.18. The number of methoxy groups -OCH3 is 1. The highest BCUT2D eigenvalue weighted by molar-refractivity contribution is 6.43. The third-order valence-electron chi connectivity index (χ3n) is 5.17. The van der Waals surface area contributed by atoms with Gasteiger partial charge in [-0.25, -0.2) is 4.98 Å². The fraction of sp³-hybridized carbons (Fsp3) is 0.227. The van der Waals surface area contributed by atoms with Crippen molar-refractivity contribution in [1.29, 1.82) is 0 Å². The minimum Gasteiger partial charge on any atom is -0.494 e. The molecule has 1 fully saturated rings. The first kappa shape index (κ1) is 21.2. The second kappa shape index (κ2) is 8.61. The summed E-state index contributed by atoms with van der Waals surface area (Å²) < 4.78 is 7.40. The lowest BCUT2D eigenvalue weighted by atomic mass is 10.2. The Hall–Kier alpha value is -3.03. The monoisotopic (exact) mass is 458 g/mol. The number of halogens is 2. The van der Waals surface area contributed by atoms with Gasteiger partial charge in [-0.3, -0.25) is 9.59 Å². The van der Waals surface area contributed by atoms with Crippen molar-refractivity contribution in [2.24, 2.45) is 0 Å². The lowest BCUT2D eigenvalue weighted by Crippen LogP contribution is -2.41. The Morgan fingerprint density at radius 3 is 2.77 bits per heavy atom. The topological polar surface area (TPSA) is 76.5 Å². The Kier molecular flexibility index (Phi) is 5.89. The maximum atomic E-state index is 13.0. The number of nitrogens with one attached hydrogen (secondary N) is 1. The number of carbonyl (C=O) groups excluding carboxylic acids is 2. The van der Waals surface area contributed by atoms with E-state index in [4.69, 9.17) is 27.9 Å². The predicted octanol–water partition coefficient (Wildman–Crippen LogP) is 4.03. The van der Waals surface area contributed by atoms with Gasteiger partial charge in [0.25, 0.3) is 5.91 Å². The smallest absolute Gasteiger partial charge is 0.253 e. The minimum atomic E-state index is -0.649. The van der Waals surface area contributed by atoms with Crippen molar-refractivity contribution in [3.8, 4) is 11.4 Å². The molecule has 0 bridgehead atoms. The summed E-state index contributed by atoms with van der Waals surface area (Å²) in [5.74, 6) is -0.0169. The van der Waals surface area contributed by atoms with Crippen molar-refractivity contribution in [3.63, 3.8) is 0 Å². The molecule has 7 nitrogen and oxygen atoms in total. The molecule has 1 N–H and O–H groups in total. The molecule has 1 saturated heterocycles. The van der Waals surface area contributed by atoms with Gasteiger partial charge in [0.15, 0.2) is 0 Å². The van der Waals surface area contributed by atoms with Crippen LogP contribution in [0.1, 0.15) is 22.5 Å². The first-order valence-electron chi connectivity index (χ1n) is 9.64. The SMILES string of the molecule is COc1cc(N2CCC(NC(=O)c3cccc(Cl)c3Cl)C2=O)ccc1-n1cnc(C)c1. The molecule has 2 heterocycles. The average Bonchev–Trinajstić information content (AvgIpc) is 3.35. The van der Waals surface area contributed by atoms with Crippen LogP contribution >= 0.6 is 23.2 Å². The second-order valence-corrected chi connectivity index (χ2v) is 7.97. The summed E-state index contributed by atoms with van der Waals surface area (Å²) >= 11 is 12.1. The molecular formula is C22H20Cl2N4O3. The van der Waals surface area contributed by atoms with Gasteiger partial charge in [-0.1, -0.05) is 29.3 Å². The number of aryl methyl sites for hydroxylation is 1. The largest absolute Gasteiger partial charge is 0.494 e. The standard InChI is InChI=1S/C22H20Cl2N4O3/c1-13-11-27(12-25-13)18-7-6-14(10-19(18)31-2)28-9-8-17(22(28)30)26-21(29)15-4-3-5-16(23)20(15)24/h3-7,10-12,17H,8-9H2,1-2H3,(H,26,29). The zero-order chi connectivity index (χ0) is 22.1. The maximum Gasteiger partial charge on any atom is 0.253 e. The third kappa shape index (κ3) is 4.11. The van der Waals surface area contributed by atoms with E-state index in [2.05, 4.69) is 10.3 Å². The van der Waals surface area contributed by atoms with Crippen LogP contribution < -0.4 is 15.0 Å². The number of aromatic nitrogens is 2. The van der Waals surface area contributed by atoms with E-state index in [1.807, 2.05) is 29.8 Å². The molecule has 3 aromatic rings. The number of ether oxygens (including phenoxy) is 1. The number of carbonyl (C=O) groups is 2. The molecule has 1 atom stereocenters. The highest BCUT2D eigenvalue weighted by Crippen LogP contribution is 2.31. The Balaban J connectivity index is 1.52. The van der Waals surface area contributed by atoms with Crippen molar-refractivity contribution in [2.45, 2.75) is 19.4 Å². The minimum absolute atomic E-state index is 0.166. The van der Waals surface area contributed by atoms with Crippen LogP contribution in [0.25, 0.3) is 5.69 Å². The summed E-state index contributed by atoms with van der Waals surface area (Å²) in [5.41, 5.74) is 2.64. The lowest BCUT2D eigenvalue weighted by Gasteiger charge is -2.19. The lowest BCUT2D eigenvalue weighted by molar-refractivity contribution is -0.118. The molecular weight excluding hydrogens is 439 g/mol. The Bertz CT molecular complexity index is 1160. The summed E-state index contributed by atoms with van der Waals surface area (Å²) in [5, 5.41) is 3.22. The molecule has 2 aromatic carbocycles. The number of amides is 2. The van der Waals surface area contributed by atoms with Crippen molar-refractivity contribution in [3.05, 3.63) is 70.2 Å². The van der Waals surface area contributed by atoms with E-state index in [1.165, 1.54) is 0 Å². The van der Waals surface area contributed by atoms with E-state index in [0.717, 1.165) is 11.4 Å². The van der Waals surface area contributed by atoms with E-state index < -0.39 is 11.9 Å². The van der Waals surface area contributed by atoms with Gasteiger partial charge in [-0.05, 0) is 37.6 Å². The zero-order valence-corrected chi connectivity index (χ0v) is 18.4. The van der Waals surface area contributed by atoms with Crippen LogP contribution in [-0.2, 0) is 4.79 Å². The number of rotatable bonds is 5. The Morgan fingerprint density at radius 2 is 2.06 bits per heavy atom. The normalized spacial score (nSPS) is 15.9. The van der Waals surface area contributed by atoms with E-state index in [9.17, 15) is 9.59 Å². The molecule has 0 spiro atoms. The highest BCUT2D eigenvalue weighted by Gasteiger charge is 2.34. The maximum absolute atomic E-state index is 13.0. The number of hydrogen-bond donors (Lipinski definition) is 1. The summed E-state index contributed by atoms with van der Waals surface area (Å²) in [6.07, 6.45) is 4.08. The molecule has 1 aliphatic heterocycles. The van der Waals surface area contributed by atoms with Crippen molar-refractivity contribution in [2.75, 3.05) is 18.6 Å². The van der Waals surface area contributed by atoms with Crippen LogP contribution in [0.2, 0.25) is 10.0 Å². The van der Waals surface area contributed by atoms with Crippen molar-refractivity contribution < 1.29 is 14.3 Å². The van der Waals surface area contributed by atoms with E-state index in [0.29, 0.717) is 24.4 Å². The third-order valence-corrected chi connectivity index (χ3v) is 5.99. The van der Waals surface area contributed by atoms with Gasteiger partial charge in [0.2, 0.25) is 5.91 Å². The van der Waals surface area contributed by atoms with E-state index >= 15 is 0 Å². The molecule has 31 heavy (non-hydrogen) atoms. The summed E-state index contributed by atoms with van der Waals surface area (Å²) in [6.45, 7) is 2.38. The van der Waals surface area contributed by atoms with Crippen LogP contribution in [-0.4, -0.2) is 41.1 Å². The van der Waals surface area contributed by atoms with E-state index in [1.54, 1.807) is 42.6 Å². The van der Waals surface area contributed by atoms with Gasteiger partial charge in [-0.2, -0.15) is 0 Å². The van der Waals surface area contributed by atoms with Gasteiger partial charge in [-0.15, -0.1) is 0 Å². The van der Waals surface area contributed by atoms with Crippen molar-refractivity contribution >= 4 is 40.7 Å². The molecule has 160 valence electrons. The number of nitrogens with zero attached hydrogens (tertiary/aromatic N) is 3. The molecule has 1 aromatic heterocycles. The van der Waals surface area contributed by atoms with Gasteiger partial charge in [0.05, 0.1) is 40.4 Å². The van der Waals surface area contributed by atoms with Crippen LogP contribution in [0, 0.1) is 6.92 Å². The number of anilines is 1. The fourth-order valence-electron chi connectivity index (χ4n) is 3.59. The van der Waals surface area contributed by atoms with Crippen LogP contribution in [0.4, 0.5) is 5.69 Å². The first-order valence-corrected chi connectivity index (χ1v) is 10.4. The van der Waals surface area contributed by atoms with Gasteiger partial charge in [0, 0.05) is 24.5 Å². The summed E-state index contributed by atoms with van der Waals surface area (Å²) in [6, 6.07) is 9.70. The average molecular weight is 459 g/mol. The quantitative estimate of drug-likeness (QED) is 0.625. The fourth-order valence-corrected chi connectivity index (χ4v) is 3.97. The van der Waals surface area contributed by atoms with Gasteiger partial charge >= 0.3 is 0 Å². The zero-order valence-electron chi connectivity index (χ0n) is 16.9. The number of imidazole rings is 1. The van der Waals surface area contributed by atoms with Gasteiger partial charge in [0.1, 0.15) is 11.8 Å². The number of benzene rings is 2. The molecule has 1 aliphatic rings. The predicted molar refractivity (Wildman–Crippen MR) is 120 cm³/mol. The first-order chi connectivity index (χ1) is 14.9. The highest BCUT2D eigenvalue weighted by atomic mass is 35.5. The molecule has 0 radical (unpaired) electrons. The molecule has 9 heteroatoms. The van der Waals surface area contributed by atoms with Crippen LogP contribution in [0.15, 0.2) is 48.9 Å². The van der Waals surface area contributed by atoms with Gasteiger partial charge < -0.3 is 19.5 Å². The van der Waals surface area contributed by atoms with Crippen molar-refractivity contribution in [1.82, 2.24) is 14.9 Å². The molecule has 2 amide bonds. The van der Waals surface area contributed by atoms with Crippen LogP contribution in [0.3, 0.4) is 0 Å². The molecule has 1 unspecified atom stereocenters. The Labute approximate surface area is 189 Å². The number of hydrogen-bond acceptors (Lipinski definition) is 4. The molecule has 0 saturated carbocycles. The summed E-state index contributed by atoms with van der Waals surface area (Å²) in [4.78, 5) is 31.5.